The van der Waals surface area contributed by atoms with Crippen LogP contribution in [0.2, 0.25) is 5.02 Å². The summed E-state index contributed by atoms with van der Waals surface area (Å²) in [5.41, 5.74) is 1.75. The van der Waals surface area contributed by atoms with Crippen LogP contribution in [0.3, 0.4) is 0 Å². The van der Waals surface area contributed by atoms with Gasteiger partial charge in [-0.3, -0.25) is 19.3 Å². The molecule has 2 aromatic carbocycles. The average Bonchev–Trinajstić information content (AvgIpc) is 2.95. The Hall–Kier alpha value is -3.39. The van der Waals surface area contributed by atoms with E-state index < -0.39 is 12.1 Å². The predicted octanol–water partition coefficient (Wildman–Crippen LogP) is 3.14. The van der Waals surface area contributed by atoms with Gasteiger partial charge in [-0.05, 0) is 36.2 Å². The Kier molecular flexibility index (Phi) is 6.68. The van der Waals surface area contributed by atoms with Crippen LogP contribution < -0.4 is 16.0 Å². The summed E-state index contributed by atoms with van der Waals surface area (Å²) in [6.07, 6.45) is 0.210. The highest BCUT2D eigenvalue weighted by Crippen LogP contribution is 2.21. The number of halogens is 1. The first kappa shape index (κ1) is 21.3. The molecule has 1 saturated heterocycles. The van der Waals surface area contributed by atoms with Crippen molar-refractivity contribution in [3.63, 3.8) is 0 Å². The van der Waals surface area contributed by atoms with Crippen LogP contribution in [0.5, 0.6) is 0 Å². The summed E-state index contributed by atoms with van der Waals surface area (Å²) in [7, 11) is 0. The lowest BCUT2D eigenvalue weighted by Gasteiger charge is -2.14. The van der Waals surface area contributed by atoms with E-state index in [0.29, 0.717) is 22.0 Å². The Morgan fingerprint density at radius 1 is 1.07 bits per heavy atom. The third-order valence-corrected chi connectivity index (χ3v) is 4.89. The fraction of sp³-hybridized carbons (Fsp3) is 0.238. The molecule has 9 heteroatoms. The van der Waals surface area contributed by atoms with Crippen LogP contribution >= 0.6 is 11.6 Å². The number of imide groups is 1. The zero-order valence-corrected chi connectivity index (χ0v) is 17.0. The van der Waals surface area contributed by atoms with Gasteiger partial charge >= 0.3 is 6.03 Å². The number of carbonyl (C=O) groups is 4. The number of urea groups is 1. The van der Waals surface area contributed by atoms with Gasteiger partial charge in [0.05, 0.1) is 6.54 Å². The lowest BCUT2D eigenvalue weighted by Crippen LogP contribution is -2.31. The smallest absolute Gasteiger partial charge is 0.325 e. The van der Waals surface area contributed by atoms with Crippen molar-refractivity contribution in [2.75, 3.05) is 10.6 Å². The molecule has 0 saturated carbocycles. The summed E-state index contributed by atoms with van der Waals surface area (Å²) in [4.78, 5) is 49.3. The van der Waals surface area contributed by atoms with Gasteiger partial charge in [0.15, 0.2) is 0 Å². The number of nitrogens with one attached hydrogen (secondary N) is 3. The predicted molar refractivity (Wildman–Crippen MR) is 113 cm³/mol. The van der Waals surface area contributed by atoms with E-state index >= 15 is 0 Å². The molecule has 0 aliphatic carbocycles. The molecule has 156 valence electrons. The van der Waals surface area contributed by atoms with E-state index in [0.717, 1.165) is 4.90 Å². The Morgan fingerprint density at radius 3 is 2.47 bits per heavy atom. The van der Waals surface area contributed by atoms with Crippen molar-refractivity contribution in [3.05, 3.63) is 59.1 Å². The zero-order valence-electron chi connectivity index (χ0n) is 16.3. The van der Waals surface area contributed by atoms with Crippen molar-refractivity contribution in [1.82, 2.24) is 10.2 Å². The van der Waals surface area contributed by atoms with Crippen LogP contribution in [0.25, 0.3) is 0 Å². The molecule has 8 nitrogen and oxygen atoms in total. The Morgan fingerprint density at radius 2 is 1.77 bits per heavy atom. The lowest BCUT2D eigenvalue weighted by molar-refractivity contribution is -0.128. The van der Waals surface area contributed by atoms with Crippen LogP contribution in [0, 0.1) is 0 Å². The summed E-state index contributed by atoms with van der Waals surface area (Å²) in [5.74, 6) is -0.905. The number of amides is 5. The van der Waals surface area contributed by atoms with E-state index in [4.69, 9.17) is 11.6 Å². The lowest BCUT2D eigenvalue weighted by atomic mass is 10.1. The minimum Gasteiger partial charge on any atom is -0.326 e. The zero-order chi connectivity index (χ0) is 21.7. The number of rotatable bonds is 7. The Bertz CT molecular complexity index is 994. The summed E-state index contributed by atoms with van der Waals surface area (Å²) in [6.45, 7) is 1.47. The van der Waals surface area contributed by atoms with Gasteiger partial charge in [0.1, 0.15) is 6.04 Å². The highest BCUT2D eigenvalue weighted by molar-refractivity contribution is 6.31. The minimum atomic E-state index is -0.767. The first-order valence-corrected chi connectivity index (χ1v) is 9.74. The molecule has 0 spiro atoms. The first-order valence-electron chi connectivity index (χ1n) is 9.36. The van der Waals surface area contributed by atoms with E-state index in [-0.39, 0.29) is 37.1 Å². The van der Waals surface area contributed by atoms with Crippen molar-refractivity contribution in [1.29, 1.82) is 0 Å². The third-order valence-electron chi connectivity index (χ3n) is 4.52. The number of nitrogens with zero attached hydrogens (tertiary/aromatic N) is 1. The minimum absolute atomic E-state index is 0.0426. The van der Waals surface area contributed by atoms with Gasteiger partial charge in [-0.25, -0.2) is 4.79 Å². The van der Waals surface area contributed by atoms with Crippen molar-refractivity contribution in [3.8, 4) is 0 Å². The molecular formula is C21H21ClN4O4. The van der Waals surface area contributed by atoms with Gasteiger partial charge in [-0.15, -0.1) is 0 Å². The standard InChI is InChI=1S/C21H21ClN4O4/c1-13(27)23-15-6-4-7-16(11-15)24-19(28)10-9-18-20(29)26(21(30)25-18)12-14-5-2-3-8-17(14)22/h2-8,11,18H,9-10,12H2,1H3,(H,23,27)(H,24,28)(H,25,30)/t18-/m1/s1. The van der Waals surface area contributed by atoms with Gasteiger partial charge in [0, 0.05) is 29.7 Å². The molecule has 1 fully saturated rings. The van der Waals surface area contributed by atoms with E-state index in [9.17, 15) is 19.2 Å². The highest BCUT2D eigenvalue weighted by atomic mass is 35.5. The average molecular weight is 429 g/mol. The molecule has 0 bridgehead atoms. The number of benzene rings is 2. The number of carbonyl (C=O) groups excluding carboxylic acids is 4. The summed E-state index contributed by atoms with van der Waals surface area (Å²) >= 11 is 6.11. The monoisotopic (exact) mass is 428 g/mol. The van der Waals surface area contributed by atoms with E-state index in [1.807, 2.05) is 0 Å². The molecule has 0 aromatic heterocycles. The van der Waals surface area contributed by atoms with Crippen LogP contribution in [-0.2, 0) is 20.9 Å². The summed E-state index contributed by atoms with van der Waals surface area (Å²) in [6, 6.07) is 12.4. The molecule has 1 aliphatic rings. The van der Waals surface area contributed by atoms with Crippen LogP contribution in [-0.4, -0.2) is 34.7 Å². The molecule has 1 aliphatic heterocycles. The van der Waals surface area contributed by atoms with Gasteiger partial charge < -0.3 is 16.0 Å². The largest absolute Gasteiger partial charge is 0.326 e. The maximum absolute atomic E-state index is 12.6. The molecule has 0 unspecified atom stereocenters. The van der Waals surface area contributed by atoms with Gasteiger partial charge in [-0.1, -0.05) is 35.9 Å². The maximum atomic E-state index is 12.6. The third kappa shape index (κ3) is 5.36. The van der Waals surface area contributed by atoms with Crippen LogP contribution in [0.15, 0.2) is 48.5 Å². The van der Waals surface area contributed by atoms with Gasteiger partial charge in [0.2, 0.25) is 11.8 Å². The van der Waals surface area contributed by atoms with E-state index in [2.05, 4.69) is 16.0 Å². The number of hydrogen-bond donors (Lipinski definition) is 3. The molecule has 1 heterocycles. The topological polar surface area (TPSA) is 108 Å². The fourth-order valence-electron chi connectivity index (χ4n) is 3.10. The van der Waals surface area contributed by atoms with E-state index in [1.165, 1.54) is 6.92 Å². The fourth-order valence-corrected chi connectivity index (χ4v) is 3.29. The second-order valence-electron chi connectivity index (χ2n) is 6.87. The van der Waals surface area contributed by atoms with Crippen molar-refractivity contribution in [2.45, 2.75) is 32.4 Å². The van der Waals surface area contributed by atoms with Crippen molar-refractivity contribution >= 4 is 46.7 Å². The highest BCUT2D eigenvalue weighted by Gasteiger charge is 2.38. The summed E-state index contributed by atoms with van der Waals surface area (Å²) in [5, 5.41) is 8.44. The van der Waals surface area contributed by atoms with Crippen LogP contribution in [0.1, 0.15) is 25.3 Å². The first-order chi connectivity index (χ1) is 14.3. The van der Waals surface area contributed by atoms with Crippen LogP contribution in [0.4, 0.5) is 16.2 Å². The maximum Gasteiger partial charge on any atom is 0.325 e. The Labute approximate surface area is 178 Å². The Balaban J connectivity index is 1.54. The molecule has 30 heavy (non-hydrogen) atoms. The summed E-state index contributed by atoms with van der Waals surface area (Å²) < 4.78 is 0. The number of anilines is 2. The molecule has 3 N–H and O–H groups in total. The molecule has 1 atom stereocenters. The molecule has 3 rings (SSSR count). The second-order valence-corrected chi connectivity index (χ2v) is 7.27. The molecule has 0 radical (unpaired) electrons. The van der Waals surface area contributed by atoms with Gasteiger partial charge in [0.25, 0.3) is 5.91 Å². The number of hydrogen-bond acceptors (Lipinski definition) is 4. The molecule has 5 amide bonds. The second kappa shape index (κ2) is 9.41. The van der Waals surface area contributed by atoms with Gasteiger partial charge in [-0.2, -0.15) is 0 Å². The molecular weight excluding hydrogens is 408 g/mol. The quantitative estimate of drug-likeness (QED) is 0.589. The van der Waals surface area contributed by atoms with Crippen molar-refractivity contribution in [2.24, 2.45) is 0 Å². The van der Waals surface area contributed by atoms with Crippen molar-refractivity contribution < 1.29 is 19.2 Å². The normalized spacial score (nSPS) is 15.7. The SMILES string of the molecule is CC(=O)Nc1cccc(NC(=O)CC[C@H]2NC(=O)N(Cc3ccccc3Cl)C2=O)c1. The molecule has 2 aromatic rings. The van der Waals surface area contributed by atoms with E-state index in [1.54, 1.807) is 48.5 Å².